The summed E-state index contributed by atoms with van der Waals surface area (Å²) in [5, 5.41) is 1.01. The van der Waals surface area contributed by atoms with Gasteiger partial charge in [-0.05, 0) is 31.9 Å². The van der Waals surface area contributed by atoms with Crippen LogP contribution in [-0.2, 0) is 20.7 Å². The van der Waals surface area contributed by atoms with Crippen LogP contribution >= 0.6 is 0 Å². The van der Waals surface area contributed by atoms with Crippen molar-refractivity contribution < 1.29 is 18.7 Å². The number of benzene rings is 1. The third kappa shape index (κ3) is 3.82. The summed E-state index contributed by atoms with van der Waals surface area (Å²) >= 11 is 0. The maximum atomic E-state index is 12.6. The van der Waals surface area contributed by atoms with Gasteiger partial charge in [0.1, 0.15) is 11.3 Å². The highest BCUT2D eigenvalue weighted by molar-refractivity contribution is 5.96. The Morgan fingerprint density at radius 1 is 1.31 bits per heavy atom. The Labute approximate surface area is 153 Å². The van der Waals surface area contributed by atoms with Crippen molar-refractivity contribution in [2.24, 2.45) is 5.92 Å². The molecule has 1 atom stereocenters. The number of fused-ring (bicyclic) bond motifs is 1. The smallest absolute Gasteiger partial charge is 0.310 e. The average molecular weight is 355 g/mol. The summed E-state index contributed by atoms with van der Waals surface area (Å²) in [7, 11) is 0. The summed E-state index contributed by atoms with van der Waals surface area (Å²) in [6.07, 6.45) is 5.78. The molecule has 0 radical (unpaired) electrons. The van der Waals surface area contributed by atoms with E-state index in [2.05, 4.69) is 0 Å². The molecule has 2 heterocycles. The normalized spacial score (nSPS) is 17.8. The zero-order valence-corrected chi connectivity index (χ0v) is 15.4. The second kappa shape index (κ2) is 8.21. The van der Waals surface area contributed by atoms with E-state index in [0.29, 0.717) is 19.7 Å². The maximum absolute atomic E-state index is 12.6. The second-order valence-electron chi connectivity index (χ2n) is 6.50. The lowest BCUT2D eigenvalue weighted by molar-refractivity contribution is -0.150. The topological polar surface area (TPSA) is 59.8 Å². The lowest BCUT2D eigenvalue weighted by Gasteiger charge is -2.30. The molecule has 0 saturated carbocycles. The molecule has 1 amide bonds. The SMILES string of the molecule is CCOC(=O)C1CCCN(C(=O)C=Cc2c(CC)oc3ccccc23)C1. The number of para-hydroxylation sites is 1. The van der Waals surface area contributed by atoms with Crippen molar-refractivity contribution in [3.63, 3.8) is 0 Å². The molecule has 5 heteroatoms. The monoisotopic (exact) mass is 355 g/mol. The summed E-state index contributed by atoms with van der Waals surface area (Å²) in [6, 6.07) is 7.83. The quantitative estimate of drug-likeness (QED) is 0.604. The number of rotatable bonds is 5. The number of carbonyl (C=O) groups is 2. The lowest BCUT2D eigenvalue weighted by atomic mass is 9.98. The zero-order valence-electron chi connectivity index (χ0n) is 15.4. The average Bonchev–Trinajstić information content (AvgIpc) is 3.04. The molecule has 3 rings (SSSR count). The largest absolute Gasteiger partial charge is 0.466 e. The number of aryl methyl sites for hydroxylation is 1. The minimum Gasteiger partial charge on any atom is -0.466 e. The first-order valence-electron chi connectivity index (χ1n) is 9.28. The van der Waals surface area contributed by atoms with E-state index in [0.717, 1.165) is 41.6 Å². The van der Waals surface area contributed by atoms with Gasteiger partial charge in [0, 0.05) is 36.5 Å². The third-order valence-corrected chi connectivity index (χ3v) is 4.78. The molecule has 0 bridgehead atoms. The van der Waals surface area contributed by atoms with Gasteiger partial charge in [0.2, 0.25) is 5.91 Å². The van der Waals surface area contributed by atoms with Crippen LogP contribution < -0.4 is 0 Å². The number of amides is 1. The van der Waals surface area contributed by atoms with Gasteiger partial charge in [-0.2, -0.15) is 0 Å². The van der Waals surface area contributed by atoms with Crippen LogP contribution in [0.1, 0.15) is 38.0 Å². The number of piperidine rings is 1. The maximum Gasteiger partial charge on any atom is 0.310 e. The Balaban J connectivity index is 1.74. The van der Waals surface area contributed by atoms with Crippen molar-refractivity contribution in [2.75, 3.05) is 19.7 Å². The molecule has 0 spiro atoms. The van der Waals surface area contributed by atoms with Crippen molar-refractivity contribution in [3.8, 4) is 0 Å². The number of likely N-dealkylation sites (tertiary alicyclic amines) is 1. The molecule has 0 aliphatic carbocycles. The van der Waals surface area contributed by atoms with Crippen LogP contribution in [0.15, 0.2) is 34.8 Å². The molecule has 1 aliphatic heterocycles. The fraction of sp³-hybridized carbons (Fsp3) is 0.429. The number of furan rings is 1. The second-order valence-corrected chi connectivity index (χ2v) is 6.50. The highest BCUT2D eigenvalue weighted by Crippen LogP contribution is 2.27. The van der Waals surface area contributed by atoms with Gasteiger partial charge in [-0.1, -0.05) is 25.1 Å². The van der Waals surface area contributed by atoms with Gasteiger partial charge in [0.25, 0.3) is 0 Å². The molecule has 1 saturated heterocycles. The Morgan fingerprint density at radius 2 is 2.12 bits per heavy atom. The molecule has 1 fully saturated rings. The third-order valence-electron chi connectivity index (χ3n) is 4.78. The van der Waals surface area contributed by atoms with Crippen molar-refractivity contribution in [1.82, 2.24) is 4.90 Å². The molecule has 26 heavy (non-hydrogen) atoms. The number of hydrogen-bond acceptors (Lipinski definition) is 4. The van der Waals surface area contributed by atoms with E-state index in [4.69, 9.17) is 9.15 Å². The van der Waals surface area contributed by atoms with E-state index in [1.165, 1.54) is 0 Å². The molecule has 1 aromatic carbocycles. The minimum absolute atomic E-state index is 0.0775. The summed E-state index contributed by atoms with van der Waals surface area (Å²) in [5.74, 6) is 0.370. The van der Waals surface area contributed by atoms with Gasteiger partial charge in [0.15, 0.2) is 0 Å². The summed E-state index contributed by atoms with van der Waals surface area (Å²) in [5.41, 5.74) is 1.78. The standard InChI is InChI=1S/C21H25NO4/c1-3-18-17(16-9-5-6-10-19(16)26-18)11-12-20(23)22-13-7-8-15(14-22)21(24)25-4-2/h5-6,9-12,15H,3-4,7-8,13-14H2,1-2H3. The Hall–Kier alpha value is -2.56. The van der Waals surface area contributed by atoms with Crippen molar-refractivity contribution in [1.29, 1.82) is 0 Å². The first-order valence-corrected chi connectivity index (χ1v) is 9.28. The molecule has 1 aliphatic rings. The Bertz CT molecular complexity index is 821. The molecular weight excluding hydrogens is 330 g/mol. The van der Waals surface area contributed by atoms with Crippen LogP contribution in [0.5, 0.6) is 0 Å². The predicted molar refractivity (Wildman–Crippen MR) is 101 cm³/mol. The van der Waals surface area contributed by atoms with E-state index in [1.54, 1.807) is 17.9 Å². The van der Waals surface area contributed by atoms with Gasteiger partial charge in [-0.3, -0.25) is 9.59 Å². The molecule has 5 nitrogen and oxygen atoms in total. The van der Waals surface area contributed by atoms with E-state index in [-0.39, 0.29) is 17.8 Å². The molecule has 0 N–H and O–H groups in total. The molecule has 1 unspecified atom stereocenters. The van der Waals surface area contributed by atoms with Crippen molar-refractivity contribution >= 4 is 28.9 Å². The van der Waals surface area contributed by atoms with E-state index >= 15 is 0 Å². The molecule has 2 aromatic rings. The van der Waals surface area contributed by atoms with E-state index in [1.807, 2.05) is 37.3 Å². The highest BCUT2D eigenvalue weighted by atomic mass is 16.5. The Morgan fingerprint density at radius 3 is 2.88 bits per heavy atom. The fourth-order valence-electron chi connectivity index (χ4n) is 3.45. The van der Waals surface area contributed by atoms with Gasteiger partial charge in [-0.25, -0.2) is 0 Å². The van der Waals surface area contributed by atoms with Crippen LogP contribution in [0, 0.1) is 5.92 Å². The summed E-state index contributed by atoms with van der Waals surface area (Å²) in [6.45, 7) is 5.30. The lowest BCUT2D eigenvalue weighted by Crippen LogP contribution is -2.42. The highest BCUT2D eigenvalue weighted by Gasteiger charge is 2.28. The van der Waals surface area contributed by atoms with Crippen LogP contribution in [-0.4, -0.2) is 36.5 Å². The number of hydrogen-bond donors (Lipinski definition) is 0. The molecule has 138 valence electrons. The number of esters is 1. The van der Waals surface area contributed by atoms with Crippen LogP contribution in [0.4, 0.5) is 0 Å². The number of carbonyl (C=O) groups excluding carboxylic acids is 2. The predicted octanol–water partition coefficient (Wildman–Crippen LogP) is 3.81. The van der Waals surface area contributed by atoms with Crippen LogP contribution in [0.25, 0.3) is 17.0 Å². The summed E-state index contributed by atoms with van der Waals surface area (Å²) in [4.78, 5) is 26.3. The molecular formula is C21H25NO4. The number of nitrogens with zero attached hydrogens (tertiary/aromatic N) is 1. The van der Waals surface area contributed by atoms with Crippen LogP contribution in [0.3, 0.4) is 0 Å². The first kappa shape index (κ1) is 18.2. The molecule has 1 aromatic heterocycles. The van der Waals surface area contributed by atoms with E-state index in [9.17, 15) is 9.59 Å². The van der Waals surface area contributed by atoms with Crippen molar-refractivity contribution in [2.45, 2.75) is 33.1 Å². The van der Waals surface area contributed by atoms with Gasteiger partial charge < -0.3 is 14.1 Å². The van der Waals surface area contributed by atoms with Gasteiger partial charge in [-0.15, -0.1) is 0 Å². The minimum atomic E-state index is -0.220. The number of ether oxygens (including phenoxy) is 1. The zero-order chi connectivity index (χ0) is 18.5. The fourth-order valence-corrected chi connectivity index (χ4v) is 3.45. The van der Waals surface area contributed by atoms with Crippen LogP contribution in [0.2, 0.25) is 0 Å². The van der Waals surface area contributed by atoms with Gasteiger partial charge in [0.05, 0.1) is 12.5 Å². The van der Waals surface area contributed by atoms with E-state index < -0.39 is 0 Å². The van der Waals surface area contributed by atoms with Gasteiger partial charge >= 0.3 is 5.97 Å². The van der Waals surface area contributed by atoms with Crippen molar-refractivity contribution in [3.05, 3.63) is 41.7 Å². The Kier molecular flexibility index (Phi) is 5.76. The first-order chi connectivity index (χ1) is 12.6. The summed E-state index contributed by atoms with van der Waals surface area (Å²) < 4.78 is 11.0.